The molecule has 0 heterocycles. The van der Waals surface area contributed by atoms with Crippen LogP contribution in [0.5, 0.6) is 0 Å². The van der Waals surface area contributed by atoms with Crippen molar-refractivity contribution >= 4 is 11.7 Å². The molecule has 21 heavy (non-hydrogen) atoms. The number of hydrogen-bond acceptors (Lipinski definition) is 4. The van der Waals surface area contributed by atoms with E-state index in [2.05, 4.69) is 5.32 Å². The molecule has 0 bridgehead atoms. The van der Waals surface area contributed by atoms with Crippen molar-refractivity contribution in [2.45, 2.75) is 46.3 Å². The van der Waals surface area contributed by atoms with Gasteiger partial charge in [-0.2, -0.15) is 0 Å². The minimum absolute atomic E-state index is 0.0802. The summed E-state index contributed by atoms with van der Waals surface area (Å²) in [6.07, 6.45) is -0.526. The van der Waals surface area contributed by atoms with Gasteiger partial charge in [-0.25, -0.2) is 4.79 Å². The molecule has 0 fully saturated rings. The van der Waals surface area contributed by atoms with Crippen molar-refractivity contribution in [2.24, 2.45) is 5.92 Å². The average Bonchev–Trinajstić information content (AvgIpc) is 2.37. The molecule has 0 amide bonds. The molecule has 0 spiro atoms. The first-order valence-electron chi connectivity index (χ1n) is 7.43. The fraction of sp³-hybridized carbons (Fsp3) is 0.588. The van der Waals surface area contributed by atoms with Gasteiger partial charge in [-0.05, 0) is 38.8 Å². The van der Waals surface area contributed by atoms with Gasteiger partial charge in [0.15, 0.2) is 6.10 Å². The molecule has 4 heteroatoms. The molecule has 1 N–H and O–H groups in total. The van der Waals surface area contributed by atoms with Gasteiger partial charge < -0.3 is 14.8 Å². The molecule has 1 rings (SSSR count). The van der Waals surface area contributed by atoms with Crippen LogP contribution in [0.4, 0.5) is 5.69 Å². The predicted octanol–water partition coefficient (Wildman–Crippen LogP) is 3.48. The Balaban J connectivity index is 2.39. The van der Waals surface area contributed by atoms with Crippen LogP contribution in [0.3, 0.4) is 0 Å². The minimum Gasteiger partial charge on any atom is -0.458 e. The lowest BCUT2D eigenvalue weighted by Gasteiger charge is -2.26. The monoisotopic (exact) mass is 293 g/mol. The largest absolute Gasteiger partial charge is 0.458 e. The van der Waals surface area contributed by atoms with Crippen LogP contribution in [0.25, 0.3) is 0 Å². The number of anilines is 1. The summed E-state index contributed by atoms with van der Waals surface area (Å²) in [6.45, 7) is 10.6. The Morgan fingerprint density at radius 1 is 1.19 bits per heavy atom. The van der Waals surface area contributed by atoms with Gasteiger partial charge >= 0.3 is 5.97 Å². The van der Waals surface area contributed by atoms with Crippen molar-refractivity contribution in [3.8, 4) is 0 Å². The highest BCUT2D eigenvalue weighted by Crippen LogP contribution is 2.15. The Morgan fingerprint density at radius 2 is 1.81 bits per heavy atom. The molecule has 0 aliphatic carbocycles. The van der Waals surface area contributed by atoms with Crippen LogP contribution < -0.4 is 5.32 Å². The standard InChI is InChI=1S/C17H27NO3/c1-13(2)15(16(19)21-17(3,4)5)20-12-11-18-14-9-7-6-8-10-14/h6-10,13,15,18H,11-12H2,1-5H3/t15-/m0/s1. The number of esters is 1. The third-order valence-electron chi connectivity index (χ3n) is 2.75. The molecule has 118 valence electrons. The number of hydrogen-bond donors (Lipinski definition) is 1. The summed E-state index contributed by atoms with van der Waals surface area (Å²) < 4.78 is 11.1. The van der Waals surface area contributed by atoms with Crippen molar-refractivity contribution in [3.63, 3.8) is 0 Å². The Morgan fingerprint density at radius 3 is 2.33 bits per heavy atom. The summed E-state index contributed by atoms with van der Waals surface area (Å²) in [5.41, 5.74) is 0.551. The molecule has 1 aromatic carbocycles. The summed E-state index contributed by atoms with van der Waals surface area (Å²) in [5, 5.41) is 3.25. The molecular weight excluding hydrogens is 266 g/mol. The van der Waals surface area contributed by atoms with Crippen LogP contribution in [-0.4, -0.2) is 30.8 Å². The van der Waals surface area contributed by atoms with Gasteiger partial charge in [0.1, 0.15) is 5.60 Å². The maximum absolute atomic E-state index is 12.1. The molecule has 0 aromatic heterocycles. The number of carbonyl (C=O) groups is 1. The lowest BCUT2D eigenvalue weighted by molar-refractivity contribution is -0.171. The van der Waals surface area contributed by atoms with Crippen molar-refractivity contribution in [1.29, 1.82) is 0 Å². The maximum Gasteiger partial charge on any atom is 0.336 e. The van der Waals surface area contributed by atoms with E-state index in [4.69, 9.17) is 9.47 Å². The van der Waals surface area contributed by atoms with E-state index in [0.717, 1.165) is 5.69 Å². The number of benzene rings is 1. The number of carbonyl (C=O) groups excluding carboxylic acids is 1. The summed E-state index contributed by atoms with van der Waals surface area (Å²) in [6, 6.07) is 9.90. The van der Waals surface area contributed by atoms with Gasteiger partial charge in [-0.3, -0.25) is 0 Å². The maximum atomic E-state index is 12.1. The van der Waals surface area contributed by atoms with Gasteiger partial charge in [0.05, 0.1) is 6.61 Å². The van der Waals surface area contributed by atoms with Crippen LogP contribution in [0.15, 0.2) is 30.3 Å². The van der Waals surface area contributed by atoms with Gasteiger partial charge in [0.25, 0.3) is 0 Å². The van der Waals surface area contributed by atoms with Crippen LogP contribution in [-0.2, 0) is 14.3 Å². The molecule has 0 saturated carbocycles. The Kier molecular flexibility index (Phi) is 6.69. The molecular formula is C17H27NO3. The van der Waals surface area contributed by atoms with Crippen LogP contribution in [0, 0.1) is 5.92 Å². The van der Waals surface area contributed by atoms with E-state index < -0.39 is 11.7 Å². The zero-order valence-electron chi connectivity index (χ0n) is 13.7. The molecule has 1 atom stereocenters. The van der Waals surface area contributed by atoms with E-state index in [1.54, 1.807) is 0 Å². The average molecular weight is 293 g/mol. The topological polar surface area (TPSA) is 47.6 Å². The van der Waals surface area contributed by atoms with Crippen LogP contribution in [0.1, 0.15) is 34.6 Å². The summed E-state index contributed by atoms with van der Waals surface area (Å²) in [5.74, 6) is -0.214. The fourth-order valence-corrected chi connectivity index (χ4v) is 1.83. The van der Waals surface area contributed by atoms with Gasteiger partial charge in [0, 0.05) is 12.2 Å². The first-order valence-corrected chi connectivity index (χ1v) is 7.43. The summed E-state index contributed by atoms with van der Waals surface area (Å²) >= 11 is 0. The van der Waals surface area contributed by atoms with Crippen molar-refractivity contribution in [1.82, 2.24) is 0 Å². The van der Waals surface area contributed by atoms with E-state index in [1.807, 2.05) is 65.0 Å². The van der Waals surface area contributed by atoms with Gasteiger partial charge in [-0.15, -0.1) is 0 Å². The van der Waals surface area contributed by atoms with E-state index in [9.17, 15) is 4.79 Å². The van der Waals surface area contributed by atoms with Gasteiger partial charge in [0.2, 0.25) is 0 Å². The zero-order valence-corrected chi connectivity index (χ0v) is 13.7. The SMILES string of the molecule is CC(C)[C@H](OCCNc1ccccc1)C(=O)OC(C)(C)C. The first kappa shape index (κ1) is 17.5. The summed E-state index contributed by atoms with van der Waals surface area (Å²) in [4.78, 5) is 12.1. The highest BCUT2D eigenvalue weighted by molar-refractivity contribution is 5.75. The second-order valence-electron chi connectivity index (χ2n) is 6.36. The van der Waals surface area contributed by atoms with Crippen molar-refractivity contribution < 1.29 is 14.3 Å². The zero-order chi connectivity index (χ0) is 15.9. The quantitative estimate of drug-likeness (QED) is 0.617. The third-order valence-corrected chi connectivity index (χ3v) is 2.75. The first-order chi connectivity index (χ1) is 9.79. The molecule has 1 aromatic rings. The van der Waals surface area contributed by atoms with E-state index >= 15 is 0 Å². The van der Waals surface area contributed by atoms with E-state index in [0.29, 0.717) is 13.2 Å². The van der Waals surface area contributed by atoms with Crippen molar-refractivity contribution in [2.75, 3.05) is 18.5 Å². The number of para-hydroxylation sites is 1. The van der Waals surface area contributed by atoms with Crippen LogP contribution >= 0.6 is 0 Å². The molecule has 0 aliphatic rings. The highest BCUT2D eigenvalue weighted by Gasteiger charge is 2.28. The number of rotatable bonds is 7. The summed E-state index contributed by atoms with van der Waals surface area (Å²) in [7, 11) is 0. The van der Waals surface area contributed by atoms with E-state index in [1.165, 1.54) is 0 Å². The molecule has 0 radical (unpaired) electrons. The fourth-order valence-electron chi connectivity index (χ4n) is 1.83. The number of nitrogens with one attached hydrogen (secondary N) is 1. The molecule has 0 aliphatic heterocycles. The van der Waals surface area contributed by atoms with Gasteiger partial charge in [-0.1, -0.05) is 32.0 Å². The molecule has 4 nitrogen and oxygen atoms in total. The normalized spacial score (nSPS) is 13.0. The number of ether oxygens (including phenoxy) is 2. The van der Waals surface area contributed by atoms with Crippen LogP contribution in [0.2, 0.25) is 0 Å². The molecule has 0 unspecified atom stereocenters. The second kappa shape index (κ2) is 8.03. The minimum atomic E-state index is -0.526. The Bertz CT molecular complexity index is 423. The van der Waals surface area contributed by atoms with Crippen molar-refractivity contribution in [3.05, 3.63) is 30.3 Å². The Hall–Kier alpha value is -1.55. The highest BCUT2D eigenvalue weighted by atomic mass is 16.6. The van der Waals surface area contributed by atoms with E-state index in [-0.39, 0.29) is 11.9 Å². The molecule has 0 saturated heterocycles. The second-order valence-corrected chi connectivity index (χ2v) is 6.36. The predicted molar refractivity (Wildman–Crippen MR) is 85.4 cm³/mol. The Labute approximate surface area is 127 Å². The smallest absolute Gasteiger partial charge is 0.336 e. The lowest BCUT2D eigenvalue weighted by atomic mass is 10.1. The lowest BCUT2D eigenvalue weighted by Crippen LogP contribution is -2.37. The third kappa shape index (κ3) is 7.14.